The predicted molar refractivity (Wildman–Crippen MR) is 155 cm³/mol. The zero-order valence-corrected chi connectivity index (χ0v) is 23.3. The largest absolute Gasteiger partial charge is 0.453 e. The van der Waals surface area contributed by atoms with E-state index in [1.165, 1.54) is 36.5 Å². The minimum Gasteiger partial charge on any atom is -0.453 e. The Morgan fingerprint density at radius 1 is 1.09 bits per heavy atom. The molecule has 1 unspecified atom stereocenters. The number of fused-ring (bicyclic) bond motifs is 1. The molecule has 0 aliphatic heterocycles. The summed E-state index contributed by atoms with van der Waals surface area (Å²) in [6.45, 7) is 4.87. The van der Waals surface area contributed by atoms with Gasteiger partial charge in [-0.15, -0.1) is 0 Å². The van der Waals surface area contributed by atoms with Gasteiger partial charge in [0.15, 0.2) is 23.0 Å². The van der Waals surface area contributed by atoms with Crippen LogP contribution in [0.5, 0.6) is 11.5 Å². The average Bonchev–Trinajstić information content (AvgIpc) is 3.37. The SMILES string of the molecule is CC(CO)Nc1n[nH]c2nccc(Oc3ccc(-c4c(C(N)=O)c(=O)n(-c5ccc(F)cc5)c(=O)n4C(C)C)cc3F)c12. The van der Waals surface area contributed by atoms with E-state index in [1.807, 2.05) is 0 Å². The Kier molecular flexibility index (Phi) is 7.78. The van der Waals surface area contributed by atoms with Gasteiger partial charge >= 0.3 is 5.69 Å². The number of aromatic nitrogens is 5. The topological polar surface area (TPSA) is 170 Å². The molecule has 1 atom stereocenters. The molecule has 0 saturated carbocycles. The molecule has 43 heavy (non-hydrogen) atoms. The normalized spacial score (nSPS) is 12.1. The summed E-state index contributed by atoms with van der Waals surface area (Å²) >= 11 is 0. The quantitative estimate of drug-likeness (QED) is 0.202. The highest BCUT2D eigenvalue weighted by Crippen LogP contribution is 2.35. The number of aromatic amines is 1. The number of carbonyl (C=O) groups is 1. The fourth-order valence-electron chi connectivity index (χ4n) is 4.67. The molecule has 0 radical (unpaired) electrons. The van der Waals surface area contributed by atoms with Gasteiger partial charge in [-0.25, -0.2) is 23.1 Å². The number of halogens is 2. The number of carbonyl (C=O) groups excluding carboxylic acids is 1. The second-order valence-electron chi connectivity index (χ2n) is 10.0. The Balaban J connectivity index is 1.64. The highest BCUT2D eigenvalue weighted by Gasteiger charge is 2.27. The number of aliphatic hydroxyl groups is 1. The lowest BCUT2D eigenvalue weighted by atomic mass is 10.0. The van der Waals surface area contributed by atoms with Gasteiger partial charge in [0, 0.05) is 29.9 Å². The molecule has 0 fully saturated rings. The third-order valence-electron chi connectivity index (χ3n) is 6.65. The Morgan fingerprint density at radius 2 is 1.81 bits per heavy atom. The predicted octanol–water partition coefficient (Wildman–Crippen LogP) is 3.48. The van der Waals surface area contributed by atoms with Crippen molar-refractivity contribution < 1.29 is 23.4 Å². The number of H-pyrrole nitrogens is 1. The summed E-state index contributed by atoms with van der Waals surface area (Å²) in [5.41, 5.74) is 3.45. The molecule has 5 aromatic rings. The Bertz CT molecular complexity index is 1970. The zero-order chi connectivity index (χ0) is 31.0. The molecule has 12 nitrogen and oxygen atoms in total. The number of amides is 1. The van der Waals surface area contributed by atoms with Crippen LogP contribution in [-0.2, 0) is 0 Å². The number of anilines is 1. The van der Waals surface area contributed by atoms with Crippen molar-refractivity contribution in [1.82, 2.24) is 24.3 Å². The second-order valence-corrected chi connectivity index (χ2v) is 10.0. The van der Waals surface area contributed by atoms with Gasteiger partial charge < -0.3 is 20.9 Å². The lowest BCUT2D eigenvalue weighted by molar-refractivity contribution is 0.0998. The lowest BCUT2D eigenvalue weighted by Crippen LogP contribution is -2.44. The summed E-state index contributed by atoms with van der Waals surface area (Å²) in [6, 6.07) is 8.85. The van der Waals surface area contributed by atoms with Gasteiger partial charge in [-0.1, -0.05) is 0 Å². The van der Waals surface area contributed by atoms with E-state index in [-0.39, 0.29) is 41.1 Å². The fraction of sp³-hybridized carbons (Fsp3) is 0.207. The lowest BCUT2D eigenvalue weighted by Gasteiger charge is -2.21. The molecule has 1 amide bonds. The molecule has 0 aliphatic carbocycles. The van der Waals surface area contributed by atoms with Crippen LogP contribution in [0.25, 0.3) is 28.0 Å². The summed E-state index contributed by atoms with van der Waals surface area (Å²) in [4.78, 5) is 44.0. The molecule has 0 bridgehead atoms. The average molecular weight is 592 g/mol. The number of rotatable bonds is 9. The van der Waals surface area contributed by atoms with Crippen LogP contribution in [0.4, 0.5) is 14.6 Å². The maximum absolute atomic E-state index is 15.6. The van der Waals surface area contributed by atoms with E-state index >= 15 is 4.39 Å². The van der Waals surface area contributed by atoms with Gasteiger partial charge in [0.05, 0.1) is 18.0 Å². The molecule has 14 heteroatoms. The van der Waals surface area contributed by atoms with Crippen molar-refractivity contribution in [2.45, 2.75) is 32.9 Å². The fourth-order valence-corrected chi connectivity index (χ4v) is 4.67. The van der Waals surface area contributed by atoms with Crippen molar-refractivity contribution in [3.05, 3.63) is 92.8 Å². The van der Waals surface area contributed by atoms with Crippen molar-refractivity contribution in [1.29, 1.82) is 0 Å². The monoisotopic (exact) mass is 591 g/mol. The first-order chi connectivity index (χ1) is 20.5. The maximum Gasteiger partial charge on any atom is 0.336 e. The summed E-state index contributed by atoms with van der Waals surface area (Å²) in [5.74, 6) is -2.26. The van der Waals surface area contributed by atoms with Gasteiger partial charge in [0.25, 0.3) is 11.5 Å². The number of benzene rings is 2. The molecular formula is C29H27F2N7O5. The van der Waals surface area contributed by atoms with Crippen molar-refractivity contribution in [3.63, 3.8) is 0 Å². The summed E-state index contributed by atoms with van der Waals surface area (Å²) < 4.78 is 36.9. The van der Waals surface area contributed by atoms with Gasteiger partial charge in [0.1, 0.15) is 22.5 Å². The number of nitrogens with zero attached hydrogens (tertiary/aromatic N) is 4. The maximum atomic E-state index is 15.6. The molecule has 0 saturated heterocycles. The third kappa shape index (κ3) is 5.35. The highest BCUT2D eigenvalue weighted by molar-refractivity contribution is 5.98. The van der Waals surface area contributed by atoms with Crippen LogP contribution in [0.2, 0.25) is 0 Å². The van der Waals surface area contributed by atoms with E-state index in [0.29, 0.717) is 16.9 Å². The van der Waals surface area contributed by atoms with Crippen LogP contribution in [0.15, 0.2) is 64.3 Å². The highest BCUT2D eigenvalue weighted by atomic mass is 19.1. The van der Waals surface area contributed by atoms with Crippen LogP contribution >= 0.6 is 0 Å². The Labute approximate surface area is 242 Å². The van der Waals surface area contributed by atoms with Crippen LogP contribution in [0, 0.1) is 11.6 Å². The Hall–Kier alpha value is -5.37. The number of nitrogens with one attached hydrogen (secondary N) is 2. The van der Waals surface area contributed by atoms with E-state index < -0.39 is 40.4 Å². The first-order valence-corrected chi connectivity index (χ1v) is 13.2. The minimum absolute atomic E-state index is 0.0233. The first kappa shape index (κ1) is 29.1. The van der Waals surface area contributed by atoms with Gasteiger partial charge in [-0.3, -0.25) is 19.3 Å². The number of hydrogen-bond donors (Lipinski definition) is 4. The van der Waals surface area contributed by atoms with Crippen LogP contribution in [-0.4, -0.2) is 48.0 Å². The van der Waals surface area contributed by atoms with E-state index in [4.69, 9.17) is 10.5 Å². The van der Waals surface area contributed by atoms with Crippen molar-refractivity contribution in [2.75, 3.05) is 11.9 Å². The number of primary amides is 1. The minimum atomic E-state index is -1.14. The summed E-state index contributed by atoms with van der Waals surface area (Å²) in [6.07, 6.45) is 1.44. The summed E-state index contributed by atoms with van der Waals surface area (Å²) in [7, 11) is 0. The zero-order valence-electron chi connectivity index (χ0n) is 23.3. The molecule has 5 N–H and O–H groups in total. The van der Waals surface area contributed by atoms with Gasteiger partial charge in [-0.2, -0.15) is 5.10 Å². The van der Waals surface area contributed by atoms with E-state index in [0.717, 1.165) is 27.3 Å². The molecule has 5 rings (SSSR count). The molecule has 0 aliphatic rings. The van der Waals surface area contributed by atoms with Crippen LogP contribution in [0.1, 0.15) is 37.2 Å². The van der Waals surface area contributed by atoms with Crippen molar-refractivity contribution >= 4 is 22.8 Å². The molecule has 0 spiro atoms. The second kappa shape index (κ2) is 11.5. The number of pyridine rings is 1. The van der Waals surface area contributed by atoms with Gasteiger partial charge in [-0.05, 0) is 63.2 Å². The number of hydrogen-bond acceptors (Lipinski definition) is 8. The van der Waals surface area contributed by atoms with E-state index in [9.17, 15) is 23.9 Å². The smallest absolute Gasteiger partial charge is 0.336 e. The van der Waals surface area contributed by atoms with Crippen molar-refractivity contribution in [3.8, 4) is 28.4 Å². The number of aliphatic hydroxyl groups excluding tert-OH is 1. The van der Waals surface area contributed by atoms with E-state index in [2.05, 4.69) is 20.5 Å². The Morgan fingerprint density at radius 3 is 2.44 bits per heavy atom. The van der Waals surface area contributed by atoms with Crippen LogP contribution in [0.3, 0.4) is 0 Å². The van der Waals surface area contributed by atoms with Crippen molar-refractivity contribution in [2.24, 2.45) is 5.73 Å². The van der Waals surface area contributed by atoms with Gasteiger partial charge in [0.2, 0.25) is 0 Å². The molecule has 2 aromatic carbocycles. The third-order valence-corrected chi connectivity index (χ3v) is 6.65. The number of nitrogens with two attached hydrogens (primary N) is 1. The number of ether oxygens (including phenoxy) is 1. The van der Waals surface area contributed by atoms with Crippen LogP contribution < -0.4 is 27.0 Å². The molecule has 3 heterocycles. The molecular weight excluding hydrogens is 564 g/mol. The standard InChI is InChI=1S/C29H27F2N7O5/c1-14(2)37-24(23(25(32)40)28(41)38(29(37)42)18-7-5-17(30)6-8-18)16-4-9-20(19(31)12-16)43-21-10-11-33-26-22(21)27(36-35-26)34-15(3)13-39/h4-12,14-15,39H,13H2,1-3H3,(H2,32,40)(H2,33,34,35,36). The van der Waals surface area contributed by atoms with E-state index in [1.54, 1.807) is 20.8 Å². The first-order valence-electron chi connectivity index (χ1n) is 13.2. The summed E-state index contributed by atoms with van der Waals surface area (Å²) in [5, 5.41) is 19.7. The molecule has 222 valence electrons. The molecule has 3 aromatic heterocycles.